The van der Waals surface area contributed by atoms with E-state index in [1.807, 2.05) is 9.80 Å². The molecule has 30 heavy (non-hydrogen) atoms. The summed E-state index contributed by atoms with van der Waals surface area (Å²) in [5, 5.41) is 0. The van der Waals surface area contributed by atoms with Gasteiger partial charge < -0.3 is 9.80 Å². The lowest BCUT2D eigenvalue weighted by molar-refractivity contribution is -0.143. The minimum absolute atomic E-state index is 0.0254. The summed E-state index contributed by atoms with van der Waals surface area (Å²) >= 11 is 0. The summed E-state index contributed by atoms with van der Waals surface area (Å²) in [6.07, 6.45) is 6.29. The Morgan fingerprint density at radius 2 is 1.40 bits per heavy atom. The van der Waals surface area contributed by atoms with Crippen molar-refractivity contribution in [3.05, 3.63) is 29.8 Å². The van der Waals surface area contributed by atoms with Crippen LogP contribution in [0.15, 0.2) is 29.2 Å². The Morgan fingerprint density at radius 3 is 1.97 bits per heavy atom. The zero-order valence-electron chi connectivity index (χ0n) is 17.5. The minimum Gasteiger partial charge on any atom is -0.339 e. The Balaban J connectivity index is 1.30. The van der Waals surface area contributed by atoms with Gasteiger partial charge in [0.25, 0.3) is 0 Å². The Labute approximate surface area is 179 Å². The molecule has 3 aliphatic rings. The molecule has 1 saturated carbocycles. The summed E-state index contributed by atoms with van der Waals surface area (Å²) < 4.78 is 27.0. The van der Waals surface area contributed by atoms with Crippen LogP contribution in [0.25, 0.3) is 0 Å². The number of sulfonamides is 1. The second kappa shape index (κ2) is 9.06. The molecule has 2 amide bonds. The highest BCUT2D eigenvalue weighted by Crippen LogP contribution is 2.28. The molecule has 0 N–H and O–H groups in total. The van der Waals surface area contributed by atoms with Crippen LogP contribution in [0.2, 0.25) is 0 Å². The maximum Gasteiger partial charge on any atom is 0.243 e. The van der Waals surface area contributed by atoms with Gasteiger partial charge in [0.15, 0.2) is 0 Å². The van der Waals surface area contributed by atoms with Crippen molar-refractivity contribution in [3.8, 4) is 0 Å². The minimum atomic E-state index is -3.45. The van der Waals surface area contributed by atoms with Gasteiger partial charge in [0.05, 0.1) is 11.3 Å². The zero-order chi connectivity index (χ0) is 21.1. The lowest BCUT2D eigenvalue weighted by Gasteiger charge is -2.38. The van der Waals surface area contributed by atoms with Gasteiger partial charge >= 0.3 is 0 Å². The Morgan fingerprint density at radius 1 is 0.800 bits per heavy atom. The number of carbonyl (C=O) groups excluding carboxylic acids is 2. The molecule has 1 aromatic carbocycles. The van der Waals surface area contributed by atoms with Gasteiger partial charge in [0, 0.05) is 45.2 Å². The van der Waals surface area contributed by atoms with Crippen LogP contribution in [-0.4, -0.2) is 73.6 Å². The molecule has 1 aromatic rings. The van der Waals surface area contributed by atoms with E-state index < -0.39 is 10.0 Å². The summed E-state index contributed by atoms with van der Waals surface area (Å²) in [4.78, 5) is 29.0. The van der Waals surface area contributed by atoms with Gasteiger partial charge in [-0.05, 0) is 43.4 Å². The van der Waals surface area contributed by atoms with Gasteiger partial charge in [-0.3, -0.25) is 9.59 Å². The van der Waals surface area contributed by atoms with Gasteiger partial charge in [-0.25, -0.2) is 8.42 Å². The van der Waals surface area contributed by atoms with E-state index in [0.29, 0.717) is 44.2 Å². The first kappa shape index (κ1) is 21.3. The SMILES string of the molecule is O=C(Cc1ccc(S(=O)(=O)N2CCCCC2)cc1)N1CCN(C(=O)C2CCC2)CC1. The Bertz CT molecular complexity index is 866. The fraction of sp³-hybridized carbons (Fsp3) is 0.636. The van der Waals surface area contributed by atoms with E-state index in [9.17, 15) is 18.0 Å². The molecule has 0 unspecified atom stereocenters. The summed E-state index contributed by atoms with van der Waals surface area (Å²) in [7, 11) is -3.45. The number of amides is 2. The number of carbonyl (C=O) groups is 2. The van der Waals surface area contributed by atoms with E-state index in [-0.39, 0.29) is 24.2 Å². The molecule has 0 atom stereocenters. The lowest BCUT2D eigenvalue weighted by Crippen LogP contribution is -2.52. The molecule has 8 heteroatoms. The van der Waals surface area contributed by atoms with Crippen molar-refractivity contribution in [3.63, 3.8) is 0 Å². The molecule has 0 radical (unpaired) electrons. The van der Waals surface area contributed by atoms with Crippen LogP contribution in [0.5, 0.6) is 0 Å². The van der Waals surface area contributed by atoms with Gasteiger partial charge in [0.1, 0.15) is 0 Å². The monoisotopic (exact) mass is 433 g/mol. The molecule has 0 bridgehead atoms. The largest absolute Gasteiger partial charge is 0.339 e. The molecule has 4 rings (SSSR count). The summed E-state index contributed by atoms with van der Waals surface area (Å²) in [6, 6.07) is 6.71. The summed E-state index contributed by atoms with van der Waals surface area (Å²) in [5.41, 5.74) is 0.811. The smallest absolute Gasteiger partial charge is 0.243 e. The van der Waals surface area contributed by atoms with Crippen molar-refractivity contribution in [1.82, 2.24) is 14.1 Å². The molecule has 1 aliphatic carbocycles. The second-order valence-electron chi connectivity index (χ2n) is 8.62. The van der Waals surface area contributed by atoms with Crippen molar-refractivity contribution >= 4 is 21.8 Å². The maximum atomic E-state index is 12.7. The van der Waals surface area contributed by atoms with E-state index in [1.54, 1.807) is 28.6 Å². The fourth-order valence-electron chi connectivity index (χ4n) is 4.41. The second-order valence-corrected chi connectivity index (χ2v) is 10.6. The number of rotatable bonds is 5. The first-order valence-electron chi connectivity index (χ1n) is 11.1. The first-order chi connectivity index (χ1) is 14.4. The van der Waals surface area contributed by atoms with Gasteiger partial charge in [-0.2, -0.15) is 4.31 Å². The molecular formula is C22H31N3O4S. The molecular weight excluding hydrogens is 402 g/mol. The topological polar surface area (TPSA) is 78.0 Å². The number of piperazine rings is 1. The predicted molar refractivity (Wildman–Crippen MR) is 113 cm³/mol. The first-order valence-corrected chi connectivity index (χ1v) is 12.5. The molecule has 3 fully saturated rings. The average molecular weight is 434 g/mol. The number of nitrogens with zero attached hydrogens (tertiary/aromatic N) is 3. The van der Waals surface area contributed by atoms with Crippen molar-refractivity contribution in [2.45, 2.75) is 49.8 Å². The van der Waals surface area contributed by atoms with Crippen molar-refractivity contribution in [1.29, 1.82) is 0 Å². The third-order valence-electron chi connectivity index (χ3n) is 6.63. The highest BCUT2D eigenvalue weighted by Gasteiger charge is 2.32. The number of hydrogen-bond donors (Lipinski definition) is 0. The lowest BCUT2D eigenvalue weighted by atomic mass is 9.84. The van der Waals surface area contributed by atoms with E-state index in [1.165, 1.54) is 0 Å². The predicted octanol–water partition coefficient (Wildman–Crippen LogP) is 1.87. The number of piperidine rings is 1. The van der Waals surface area contributed by atoms with E-state index in [4.69, 9.17) is 0 Å². The number of hydrogen-bond acceptors (Lipinski definition) is 4. The Kier molecular flexibility index (Phi) is 6.43. The van der Waals surface area contributed by atoms with Crippen molar-refractivity contribution < 1.29 is 18.0 Å². The standard InChI is InChI=1S/C22H31N3O4S/c26-21(23-13-15-24(16-14-23)22(27)19-5-4-6-19)17-18-7-9-20(10-8-18)30(28,29)25-11-2-1-3-12-25/h7-10,19H,1-6,11-17H2. The molecule has 2 aliphatic heterocycles. The molecule has 7 nitrogen and oxygen atoms in total. The van der Waals surface area contributed by atoms with E-state index >= 15 is 0 Å². The van der Waals surface area contributed by atoms with Crippen LogP contribution in [0.4, 0.5) is 0 Å². The fourth-order valence-corrected chi connectivity index (χ4v) is 5.93. The molecule has 0 aromatic heterocycles. The van der Waals surface area contributed by atoms with Crippen LogP contribution in [-0.2, 0) is 26.0 Å². The summed E-state index contributed by atoms with van der Waals surface area (Å²) in [5.74, 6) is 0.475. The summed E-state index contributed by atoms with van der Waals surface area (Å²) in [6.45, 7) is 3.51. The van der Waals surface area contributed by atoms with E-state index in [2.05, 4.69) is 0 Å². The third kappa shape index (κ3) is 4.54. The van der Waals surface area contributed by atoms with Crippen LogP contribution in [0, 0.1) is 5.92 Å². The molecule has 164 valence electrons. The van der Waals surface area contributed by atoms with Crippen LogP contribution in [0.3, 0.4) is 0 Å². The van der Waals surface area contributed by atoms with Crippen LogP contribution >= 0.6 is 0 Å². The van der Waals surface area contributed by atoms with Crippen molar-refractivity contribution in [2.24, 2.45) is 5.92 Å². The molecule has 2 saturated heterocycles. The average Bonchev–Trinajstić information content (AvgIpc) is 2.73. The van der Waals surface area contributed by atoms with Gasteiger partial charge in [-0.15, -0.1) is 0 Å². The maximum absolute atomic E-state index is 12.7. The van der Waals surface area contributed by atoms with Crippen molar-refractivity contribution in [2.75, 3.05) is 39.3 Å². The molecule has 0 spiro atoms. The quantitative estimate of drug-likeness (QED) is 0.710. The van der Waals surface area contributed by atoms with Crippen LogP contribution < -0.4 is 0 Å². The highest BCUT2D eigenvalue weighted by molar-refractivity contribution is 7.89. The number of benzene rings is 1. The Hall–Kier alpha value is -1.93. The van der Waals surface area contributed by atoms with Gasteiger partial charge in [0.2, 0.25) is 21.8 Å². The van der Waals surface area contributed by atoms with Gasteiger partial charge in [-0.1, -0.05) is 25.0 Å². The molecule has 2 heterocycles. The normalized spacial score (nSPS) is 21.3. The third-order valence-corrected chi connectivity index (χ3v) is 8.54. The zero-order valence-corrected chi connectivity index (χ0v) is 18.3. The van der Waals surface area contributed by atoms with Crippen LogP contribution in [0.1, 0.15) is 44.1 Å². The highest BCUT2D eigenvalue weighted by atomic mass is 32.2. The van der Waals surface area contributed by atoms with E-state index in [0.717, 1.165) is 44.1 Å².